The van der Waals surface area contributed by atoms with Crippen molar-refractivity contribution in [3.63, 3.8) is 0 Å². The minimum absolute atomic E-state index is 0.0184. The number of halogens is 3. The molecule has 2 unspecified atom stereocenters. The van der Waals surface area contributed by atoms with Crippen LogP contribution in [0.5, 0.6) is 0 Å². The van der Waals surface area contributed by atoms with Gasteiger partial charge in [-0.3, -0.25) is 0 Å². The monoisotopic (exact) mass is 570 g/mol. The molecule has 1 aromatic heterocycles. The summed E-state index contributed by atoms with van der Waals surface area (Å²) in [6, 6.07) is 12.4. The maximum absolute atomic E-state index is 13.5. The zero-order valence-corrected chi connectivity index (χ0v) is 25.5. The number of fused-ring (bicyclic) bond motifs is 1. The van der Waals surface area contributed by atoms with Gasteiger partial charge >= 0.3 is 0 Å². The van der Waals surface area contributed by atoms with Gasteiger partial charge in [0.2, 0.25) is 0 Å². The molecule has 0 amide bonds. The highest BCUT2D eigenvalue weighted by atomic mass is 35.5. The number of furan rings is 1. The maximum atomic E-state index is 13.5. The fraction of sp³-hybridized carbons (Fsp3) is 0.485. The van der Waals surface area contributed by atoms with Crippen molar-refractivity contribution in [1.82, 2.24) is 5.43 Å². The Morgan fingerprint density at radius 2 is 1.82 bits per heavy atom. The number of nitrogens with one attached hydrogen (secondary N) is 1. The second-order valence-corrected chi connectivity index (χ2v) is 13.5. The van der Waals surface area contributed by atoms with Gasteiger partial charge in [-0.2, -0.15) is 5.10 Å². The summed E-state index contributed by atoms with van der Waals surface area (Å²) in [6.07, 6.45) is 6.79. The van der Waals surface area contributed by atoms with Crippen molar-refractivity contribution in [2.24, 2.45) is 27.8 Å². The second kappa shape index (κ2) is 12.1. The highest BCUT2D eigenvalue weighted by Crippen LogP contribution is 2.42. The molecule has 0 fully saturated rings. The highest BCUT2D eigenvalue weighted by Gasteiger charge is 2.35. The standard InChI is InChI=1S/C33H41Cl2FN2O/c1-7-8-28(32(2,3)4)31(25-15-12-23(34)18-29(25)35)38-37-20-33(5,6)22-11-16-30-26(17-22)27(19-39-30)21-9-13-24(36)14-10-21/h9-10,12-15,18-19,22,28,37H,7-8,11,16-17,20H2,1-6H3/b38-31-. The van der Waals surface area contributed by atoms with Crippen LogP contribution < -0.4 is 5.43 Å². The molecule has 0 bridgehead atoms. The van der Waals surface area contributed by atoms with Gasteiger partial charge in [0.15, 0.2) is 0 Å². The van der Waals surface area contributed by atoms with E-state index < -0.39 is 0 Å². The Balaban J connectivity index is 1.56. The fourth-order valence-corrected chi connectivity index (χ4v) is 6.32. The van der Waals surface area contributed by atoms with Crippen LogP contribution in [0.3, 0.4) is 0 Å². The number of rotatable bonds is 9. The van der Waals surface area contributed by atoms with E-state index in [1.165, 1.54) is 17.7 Å². The minimum Gasteiger partial charge on any atom is -0.468 e. The lowest BCUT2D eigenvalue weighted by atomic mass is 9.70. The lowest BCUT2D eigenvalue weighted by Crippen LogP contribution is -2.38. The van der Waals surface area contributed by atoms with E-state index in [1.54, 1.807) is 6.07 Å². The summed E-state index contributed by atoms with van der Waals surface area (Å²) < 4.78 is 19.5. The van der Waals surface area contributed by atoms with Crippen LogP contribution in [-0.4, -0.2) is 12.3 Å². The largest absolute Gasteiger partial charge is 0.468 e. The topological polar surface area (TPSA) is 37.5 Å². The Labute approximate surface area is 243 Å². The van der Waals surface area contributed by atoms with E-state index in [4.69, 9.17) is 32.7 Å². The number of nitrogens with zero attached hydrogens (tertiary/aromatic N) is 1. The van der Waals surface area contributed by atoms with Crippen molar-refractivity contribution in [3.8, 4) is 11.1 Å². The molecule has 0 aliphatic heterocycles. The first-order valence-electron chi connectivity index (χ1n) is 14.0. The highest BCUT2D eigenvalue weighted by molar-refractivity contribution is 6.37. The van der Waals surface area contributed by atoms with Gasteiger partial charge in [-0.25, -0.2) is 4.39 Å². The molecule has 0 radical (unpaired) electrons. The third-order valence-electron chi connectivity index (χ3n) is 8.31. The normalized spacial score (nSPS) is 17.2. The van der Waals surface area contributed by atoms with E-state index in [-0.39, 0.29) is 22.6 Å². The van der Waals surface area contributed by atoms with Crippen molar-refractivity contribution >= 4 is 28.9 Å². The van der Waals surface area contributed by atoms with E-state index in [2.05, 4.69) is 47.0 Å². The van der Waals surface area contributed by atoms with Gasteiger partial charge in [0.1, 0.15) is 11.6 Å². The first-order chi connectivity index (χ1) is 18.4. The Kier molecular flexibility index (Phi) is 9.18. The Hall–Kier alpha value is -2.30. The number of hydrazone groups is 1. The zero-order chi connectivity index (χ0) is 28.4. The third kappa shape index (κ3) is 6.89. The Morgan fingerprint density at radius 1 is 1.10 bits per heavy atom. The van der Waals surface area contributed by atoms with Crippen LogP contribution in [0, 0.1) is 28.5 Å². The molecule has 0 spiro atoms. The van der Waals surface area contributed by atoms with Crippen molar-refractivity contribution in [3.05, 3.63) is 81.5 Å². The molecule has 6 heteroatoms. The first-order valence-corrected chi connectivity index (χ1v) is 14.8. The van der Waals surface area contributed by atoms with Crippen LogP contribution in [-0.2, 0) is 12.8 Å². The average Bonchev–Trinajstić information content (AvgIpc) is 3.29. The van der Waals surface area contributed by atoms with Crippen LogP contribution in [0.15, 0.2) is 58.2 Å². The van der Waals surface area contributed by atoms with Crippen LogP contribution in [0.1, 0.15) is 77.7 Å². The van der Waals surface area contributed by atoms with Gasteiger partial charge in [0.25, 0.3) is 0 Å². The van der Waals surface area contributed by atoms with Crippen molar-refractivity contribution in [2.75, 3.05) is 6.54 Å². The van der Waals surface area contributed by atoms with Gasteiger partial charge in [-0.15, -0.1) is 0 Å². The van der Waals surface area contributed by atoms with E-state index in [0.717, 1.165) is 66.8 Å². The predicted molar refractivity (Wildman–Crippen MR) is 162 cm³/mol. The second-order valence-electron chi connectivity index (χ2n) is 12.6. The van der Waals surface area contributed by atoms with Crippen molar-refractivity contribution < 1.29 is 8.81 Å². The molecular weight excluding hydrogens is 530 g/mol. The molecule has 0 saturated carbocycles. The number of benzene rings is 2. The van der Waals surface area contributed by atoms with E-state index in [0.29, 0.717) is 16.0 Å². The van der Waals surface area contributed by atoms with Gasteiger partial charge in [-0.05, 0) is 65.8 Å². The van der Waals surface area contributed by atoms with Gasteiger partial charge in [0, 0.05) is 40.6 Å². The Bertz CT molecular complexity index is 1300. The lowest BCUT2D eigenvalue weighted by Gasteiger charge is -2.37. The molecule has 39 heavy (non-hydrogen) atoms. The molecular formula is C33H41Cl2FN2O. The average molecular weight is 572 g/mol. The van der Waals surface area contributed by atoms with Gasteiger partial charge in [-0.1, -0.05) is 89.4 Å². The minimum atomic E-state index is -0.228. The van der Waals surface area contributed by atoms with Crippen LogP contribution in [0.2, 0.25) is 10.0 Å². The fourth-order valence-electron chi connectivity index (χ4n) is 5.81. The molecule has 3 aromatic rings. The summed E-state index contributed by atoms with van der Waals surface area (Å²) in [5, 5.41) is 6.29. The summed E-state index contributed by atoms with van der Waals surface area (Å²) in [6.45, 7) is 14.4. The number of hydrogen-bond donors (Lipinski definition) is 1. The Morgan fingerprint density at radius 3 is 2.46 bits per heavy atom. The SMILES string of the molecule is CCCC(/C(=N\NCC(C)(C)C1CCc2occ(-c3ccc(F)cc3)c2C1)c1ccc(Cl)cc1Cl)C(C)(C)C. The molecule has 1 aliphatic rings. The van der Waals surface area contributed by atoms with Gasteiger partial charge < -0.3 is 9.84 Å². The molecule has 1 heterocycles. The number of hydrogen-bond acceptors (Lipinski definition) is 3. The summed E-state index contributed by atoms with van der Waals surface area (Å²) in [7, 11) is 0. The molecule has 2 atom stereocenters. The molecule has 0 saturated heterocycles. The number of aryl methyl sites for hydroxylation is 1. The van der Waals surface area contributed by atoms with E-state index in [1.807, 2.05) is 30.5 Å². The molecule has 4 rings (SSSR count). The van der Waals surface area contributed by atoms with Crippen molar-refractivity contribution in [1.29, 1.82) is 0 Å². The van der Waals surface area contributed by atoms with E-state index >= 15 is 0 Å². The smallest absolute Gasteiger partial charge is 0.123 e. The van der Waals surface area contributed by atoms with E-state index in [9.17, 15) is 4.39 Å². The van der Waals surface area contributed by atoms with Crippen LogP contribution in [0.25, 0.3) is 11.1 Å². The zero-order valence-electron chi connectivity index (χ0n) is 24.0. The summed E-state index contributed by atoms with van der Waals surface area (Å²) in [5.74, 6) is 1.51. The third-order valence-corrected chi connectivity index (χ3v) is 8.85. The summed E-state index contributed by atoms with van der Waals surface area (Å²) in [5.41, 5.74) is 8.72. The quantitative estimate of drug-likeness (QED) is 0.205. The lowest BCUT2D eigenvalue weighted by molar-refractivity contribution is 0.180. The molecule has 2 aromatic carbocycles. The predicted octanol–water partition coefficient (Wildman–Crippen LogP) is 9.98. The van der Waals surface area contributed by atoms with Crippen molar-refractivity contribution in [2.45, 2.75) is 73.6 Å². The molecule has 1 aliphatic carbocycles. The molecule has 3 nitrogen and oxygen atoms in total. The maximum Gasteiger partial charge on any atom is 0.123 e. The van der Waals surface area contributed by atoms with Gasteiger partial charge in [0.05, 0.1) is 17.0 Å². The van der Waals surface area contributed by atoms with Crippen LogP contribution >= 0.6 is 23.2 Å². The van der Waals surface area contributed by atoms with Crippen LogP contribution in [0.4, 0.5) is 4.39 Å². The first kappa shape index (κ1) is 29.7. The molecule has 1 N–H and O–H groups in total. The summed E-state index contributed by atoms with van der Waals surface area (Å²) >= 11 is 12.9. The summed E-state index contributed by atoms with van der Waals surface area (Å²) in [4.78, 5) is 0. The molecule has 210 valence electrons.